The minimum absolute atomic E-state index is 0.104. The number of pyridine rings is 1. The number of anilines is 1. The molecule has 0 aromatic carbocycles. The molecule has 10 heteroatoms. The van der Waals surface area contributed by atoms with Crippen molar-refractivity contribution >= 4 is 23.5 Å². The van der Waals surface area contributed by atoms with Gasteiger partial charge >= 0.3 is 6.18 Å². The van der Waals surface area contributed by atoms with E-state index in [2.05, 4.69) is 4.98 Å². The Balaban J connectivity index is 2.25. The maximum Gasteiger partial charge on any atom is 0.416 e. The molecule has 1 amide bonds. The molecule has 1 aromatic rings. The third-order valence-electron chi connectivity index (χ3n) is 2.96. The van der Waals surface area contributed by atoms with Gasteiger partial charge in [0.25, 0.3) is 0 Å². The van der Waals surface area contributed by atoms with E-state index in [0.717, 1.165) is 23.9 Å². The minimum Gasteiger partial charge on any atom is -0.378 e. The number of aromatic nitrogens is 1. The van der Waals surface area contributed by atoms with Crippen LogP contribution in [0.4, 0.5) is 19.0 Å². The van der Waals surface area contributed by atoms with Gasteiger partial charge in [0.2, 0.25) is 5.91 Å². The van der Waals surface area contributed by atoms with Gasteiger partial charge in [0.1, 0.15) is 5.82 Å². The standard InChI is InChI=1S/C12H15F3N4O2S/c13-12(14,15)8-5-9(19-1-3-21-4-2-19)17-11(6-8)22-7-10(20)18-16/h5-6H,1-4,7,16H2,(H,18,20). The number of morpholine rings is 1. The quantitative estimate of drug-likeness (QED) is 0.370. The summed E-state index contributed by atoms with van der Waals surface area (Å²) in [5.74, 6) is 4.58. The van der Waals surface area contributed by atoms with Crippen LogP contribution in [0.1, 0.15) is 5.56 Å². The van der Waals surface area contributed by atoms with Crippen LogP contribution < -0.4 is 16.2 Å². The van der Waals surface area contributed by atoms with Crippen molar-refractivity contribution in [3.63, 3.8) is 0 Å². The minimum atomic E-state index is -4.48. The molecule has 0 atom stereocenters. The van der Waals surface area contributed by atoms with E-state index in [1.165, 1.54) is 0 Å². The average molecular weight is 336 g/mol. The van der Waals surface area contributed by atoms with Crippen molar-refractivity contribution in [1.29, 1.82) is 0 Å². The normalized spacial score (nSPS) is 15.7. The highest BCUT2D eigenvalue weighted by molar-refractivity contribution is 7.99. The summed E-state index contributed by atoms with van der Waals surface area (Å²) >= 11 is 0.900. The molecule has 1 aliphatic heterocycles. The van der Waals surface area contributed by atoms with Crippen molar-refractivity contribution in [1.82, 2.24) is 10.4 Å². The number of thioether (sulfide) groups is 1. The van der Waals surface area contributed by atoms with Gasteiger partial charge in [-0.3, -0.25) is 10.2 Å². The fourth-order valence-electron chi connectivity index (χ4n) is 1.86. The number of amides is 1. The molecule has 0 saturated carbocycles. The Morgan fingerprint density at radius 1 is 1.41 bits per heavy atom. The van der Waals surface area contributed by atoms with Gasteiger partial charge < -0.3 is 9.64 Å². The first-order chi connectivity index (χ1) is 10.4. The predicted octanol–water partition coefficient (Wildman–Crippen LogP) is 1.02. The van der Waals surface area contributed by atoms with E-state index in [0.29, 0.717) is 26.3 Å². The Hall–Kier alpha value is -1.52. The molecule has 0 spiro atoms. The van der Waals surface area contributed by atoms with E-state index in [1.54, 1.807) is 4.90 Å². The van der Waals surface area contributed by atoms with E-state index >= 15 is 0 Å². The maximum atomic E-state index is 13.0. The smallest absolute Gasteiger partial charge is 0.378 e. The zero-order chi connectivity index (χ0) is 16.2. The van der Waals surface area contributed by atoms with Crippen LogP contribution in [0.25, 0.3) is 0 Å². The Kier molecular flexibility index (Phi) is 5.48. The van der Waals surface area contributed by atoms with Crippen LogP contribution in [0.3, 0.4) is 0 Å². The van der Waals surface area contributed by atoms with E-state index in [1.807, 2.05) is 5.43 Å². The van der Waals surface area contributed by atoms with Crippen LogP contribution in [0.2, 0.25) is 0 Å². The number of ether oxygens (including phenoxy) is 1. The van der Waals surface area contributed by atoms with E-state index in [-0.39, 0.29) is 16.6 Å². The number of nitrogens with one attached hydrogen (secondary N) is 1. The molecule has 1 aliphatic rings. The number of hydrogen-bond donors (Lipinski definition) is 2. The summed E-state index contributed by atoms with van der Waals surface area (Å²) in [4.78, 5) is 17.0. The number of alkyl halides is 3. The van der Waals surface area contributed by atoms with Crippen molar-refractivity contribution in [2.45, 2.75) is 11.2 Å². The van der Waals surface area contributed by atoms with E-state index < -0.39 is 17.6 Å². The number of hydrazine groups is 1. The maximum absolute atomic E-state index is 13.0. The van der Waals surface area contributed by atoms with Crippen LogP contribution in [0.15, 0.2) is 17.2 Å². The largest absolute Gasteiger partial charge is 0.416 e. The lowest BCUT2D eigenvalue weighted by molar-refractivity contribution is -0.137. The summed E-state index contributed by atoms with van der Waals surface area (Å²) < 4.78 is 44.2. The highest BCUT2D eigenvalue weighted by Gasteiger charge is 2.32. The Bertz CT molecular complexity index is 536. The molecule has 0 unspecified atom stereocenters. The molecular weight excluding hydrogens is 321 g/mol. The second-order valence-electron chi connectivity index (χ2n) is 4.51. The van der Waals surface area contributed by atoms with Crippen LogP contribution in [-0.4, -0.2) is 42.9 Å². The lowest BCUT2D eigenvalue weighted by Crippen LogP contribution is -2.37. The Labute approximate surface area is 129 Å². The molecule has 0 bridgehead atoms. The average Bonchev–Trinajstić information content (AvgIpc) is 2.52. The second-order valence-corrected chi connectivity index (χ2v) is 5.50. The molecule has 1 fully saturated rings. The summed E-state index contributed by atoms with van der Waals surface area (Å²) in [7, 11) is 0. The first kappa shape index (κ1) is 16.8. The molecule has 122 valence electrons. The number of nitrogens with zero attached hydrogens (tertiary/aromatic N) is 2. The molecule has 0 radical (unpaired) electrons. The lowest BCUT2D eigenvalue weighted by atomic mass is 10.2. The van der Waals surface area contributed by atoms with Crippen molar-refractivity contribution in [3.05, 3.63) is 17.7 Å². The van der Waals surface area contributed by atoms with Gasteiger partial charge in [-0.15, -0.1) is 0 Å². The van der Waals surface area contributed by atoms with Gasteiger partial charge in [-0.05, 0) is 12.1 Å². The number of carbonyl (C=O) groups is 1. The van der Waals surface area contributed by atoms with Gasteiger partial charge in [0, 0.05) is 13.1 Å². The van der Waals surface area contributed by atoms with Crippen molar-refractivity contribution < 1.29 is 22.7 Å². The fraction of sp³-hybridized carbons (Fsp3) is 0.500. The topological polar surface area (TPSA) is 80.5 Å². The Morgan fingerprint density at radius 2 is 2.09 bits per heavy atom. The number of nitrogens with two attached hydrogens (primary N) is 1. The fourth-order valence-corrected chi connectivity index (χ4v) is 2.60. The van der Waals surface area contributed by atoms with E-state index in [4.69, 9.17) is 10.6 Å². The van der Waals surface area contributed by atoms with Crippen molar-refractivity contribution in [2.75, 3.05) is 37.0 Å². The van der Waals surface area contributed by atoms with Crippen LogP contribution in [0.5, 0.6) is 0 Å². The van der Waals surface area contributed by atoms with Crippen molar-refractivity contribution in [2.24, 2.45) is 5.84 Å². The SMILES string of the molecule is NNC(=O)CSc1cc(C(F)(F)F)cc(N2CCOCC2)n1. The highest BCUT2D eigenvalue weighted by atomic mass is 32.2. The molecule has 2 rings (SSSR count). The second kappa shape index (κ2) is 7.16. The number of hydrogen-bond acceptors (Lipinski definition) is 6. The molecule has 22 heavy (non-hydrogen) atoms. The third kappa shape index (κ3) is 4.49. The lowest BCUT2D eigenvalue weighted by Gasteiger charge is -2.28. The summed E-state index contributed by atoms with van der Waals surface area (Å²) in [6, 6.07) is 1.94. The molecule has 2 heterocycles. The van der Waals surface area contributed by atoms with E-state index in [9.17, 15) is 18.0 Å². The van der Waals surface area contributed by atoms with Crippen LogP contribution >= 0.6 is 11.8 Å². The van der Waals surface area contributed by atoms with Gasteiger partial charge in [-0.1, -0.05) is 11.8 Å². The Morgan fingerprint density at radius 3 is 2.68 bits per heavy atom. The number of halogens is 3. The zero-order valence-corrected chi connectivity index (χ0v) is 12.3. The number of rotatable bonds is 4. The van der Waals surface area contributed by atoms with Gasteiger partial charge in [0.05, 0.1) is 29.6 Å². The molecule has 1 saturated heterocycles. The summed E-state index contributed by atoms with van der Waals surface area (Å²) in [5.41, 5.74) is 1.13. The molecule has 1 aromatic heterocycles. The highest BCUT2D eigenvalue weighted by Crippen LogP contribution is 2.34. The van der Waals surface area contributed by atoms with Gasteiger partial charge in [-0.2, -0.15) is 13.2 Å². The number of carbonyl (C=O) groups excluding carboxylic acids is 1. The summed E-state index contributed by atoms with van der Waals surface area (Å²) in [6.45, 7) is 1.83. The first-order valence-electron chi connectivity index (χ1n) is 6.44. The van der Waals surface area contributed by atoms with Gasteiger partial charge in [-0.25, -0.2) is 10.8 Å². The monoisotopic (exact) mass is 336 g/mol. The predicted molar refractivity (Wildman–Crippen MR) is 75.3 cm³/mol. The zero-order valence-electron chi connectivity index (χ0n) is 11.5. The van der Waals surface area contributed by atoms with Gasteiger partial charge in [0.15, 0.2) is 0 Å². The molecule has 3 N–H and O–H groups in total. The third-order valence-corrected chi connectivity index (χ3v) is 3.87. The summed E-state index contributed by atoms with van der Waals surface area (Å²) in [6.07, 6.45) is -4.48. The molecule has 6 nitrogen and oxygen atoms in total. The first-order valence-corrected chi connectivity index (χ1v) is 7.43. The molecule has 0 aliphatic carbocycles. The summed E-state index contributed by atoms with van der Waals surface area (Å²) in [5, 5.41) is 0.125. The van der Waals surface area contributed by atoms with Crippen LogP contribution in [-0.2, 0) is 15.7 Å². The van der Waals surface area contributed by atoms with Crippen molar-refractivity contribution in [3.8, 4) is 0 Å². The van der Waals surface area contributed by atoms with Crippen LogP contribution in [0, 0.1) is 0 Å². The molecular formula is C12H15F3N4O2S.